The second-order valence-electron chi connectivity index (χ2n) is 10.9. The molecule has 0 atom stereocenters. The molecular formula is C37H26N4S. The molecule has 1 aliphatic heterocycles. The van der Waals surface area contributed by atoms with Crippen LogP contribution in [0.25, 0.3) is 45.2 Å². The Labute approximate surface area is 249 Å². The molecule has 0 N–H and O–H groups in total. The van der Waals surface area contributed by atoms with E-state index in [2.05, 4.69) is 73.4 Å². The highest BCUT2D eigenvalue weighted by Crippen LogP contribution is 2.52. The standard InChI is InChI=1S/C37H26N4S/c1-37(2)29-19-14-24(23-38)21-34(29)42-35-28(11-8-12-30(35)37)25-15-17-26(18-16-25)32-22-33(31-13-6-7-20-39-31)41-36(40-32)27-9-4-3-5-10-27/h3-22H,1-2H3. The molecule has 6 aromatic rings. The molecule has 0 radical (unpaired) electrons. The van der Waals surface area contributed by atoms with Crippen LogP contribution in [-0.2, 0) is 5.41 Å². The van der Waals surface area contributed by atoms with Crippen molar-refractivity contribution in [3.63, 3.8) is 0 Å². The minimum absolute atomic E-state index is 0.170. The molecular weight excluding hydrogens is 533 g/mol. The van der Waals surface area contributed by atoms with Gasteiger partial charge in [0.1, 0.15) is 0 Å². The van der Waals surface area contributed by atoms with Gasteiger partial charge in [-0.3, -0.25) is 4.98 Å². The predicted octanol–water partition coefficient (Wildman–Crippen LogP) is 9.20. The molecule has 0 fully saturated rings. The number of fused-ring (bicyclic) bond motifs is 2. The molecule has 42 heavy (non-hydrogen) atoms. The van der Waals surface area contributed by atoms with Crippen molar-refractivity contribution in [3.05, 3.63) is 138 Å². The molecule has 0 bridgehead atoms. The molecule has 0 aliphatic carbocycles. The molecule has 4 aromatic carbocycles. The predicted molar refractivity (Wildman–Crippen MR) is 169 cm³/mol. The van der Waals surface area contributed by atoms with Crippen molar-refractivity contribution in [2.75, 3.05) is 0 Å². The minimum Gasteiger partial charge on any atom is -0.255 e. The van der Waals surface area contributed by atoms with Crippen molar-refractivity contribution in [2.45, 2.75) is 29.1 Å². The highest BCUT2D eigenvalue weighted by atomic mass is 32.2. The van der Waals surface area contributed by atoms with Crippen LogP contribution in [-0.4, -0.2) is 15.0 Å². The fraction of sp³-hybridized carbons (Fsp3) is 0.0811. The number of benzene rings is 4. The van der Waals surface area contributed by atoms with Crippen LogP contribution in [0.15, 0.2) is 131 Å². The van der Waals surface area contributed by atoms with Crippen molar-refractivity contribution in [3.8, 4) is 51.2 Å². The van der Waals surface area contributed by atoms with Gasteiger partial charge < -0.3 is 0 Å². The van der Waals surface area contributed by atoms with Crippen molar-refractivity contribution >= 4 is 11.8 Å². The molecule has 5 heteroatoms. The van der Waals surface area contributed by atoms with Crippen LogP contribution in [0.5, 0.6) is 0 Å². The number of nitriles is 1. The van der Waals surface area contributed by atoms with Crippen LogP contribution < -0.4 is 0 Å². The summed E-state index contributed by atoms with van der Waals surface area (Å²) in [5.74, 6) is 0.670. The summed E-state index contributed by atoms with van der Waals surface area (Å²) in [5, 5.41) is 9.51. The zero-order valence-corrected chi connectivity index (χ0v) is 24.1. The third-order valence-electron chi connectivity index (χ3n) is 7.86. The zero-order chi connectivity index (χ0) is 28.7. The summed E-state index contributed by atoms with van der Waals surface area (Å²) < 4.78 is 0. The molecule has 0 amide bonds. The van der Waals surface area contributed by atoms with E-state index < -0.39 is 0 Å². The Morgan fingerprint density at radius 3 is 2.17 bits per heavy atom. The summed E-state index contributed by atoms with van der Waals surface area (Å²) >= 11 is 1.76. The molecule has 0 spiro atoms. The first-order chi connectivity index (χ1) is 20.5. The molecule has 0 saturated heterocycles. The maximum atomic E-state index is 9.51. The van der Waals surface area contributed by atoms with Gasteiger partial charge in [0.25, 0.3) is 0 Å². The largest absolute Gasteiger partial charge is 0.255 e. The van der Waals surface area contributed by atoms with Crippen LogP contribution in [0, 0.1) is 11.3 Å². The lowest BCUT2D eigenvalue weighted by atomic mass is 9.76. The summed E-state index contributed by atoms with van der Waals surface area (Å²) in [6.45, 7) is 4.53. The Morgan fingerprint density at radius 2 is 1.40 bits per heavy atom. The van der Waals surface area contributed by atoms with E-state index in [0.717, 1.165) is 38.7 Å². The van der Waals surface area contributed by atoms with E-state index in [1.807, 2.05) is 66.7 Å². The van der Waals surface area contributed by atoms with Gasteiger partial charge in [-0.15, -0.1) is 0 Å². The van der Waals surface area contributed by atoms with Crippen LogP contribution in [0.4, 0.5) is 0 Å². The third kappa shape index (κ3) is 4.56. The Bertz CT molecular complexity index is 1920. The van der Waals surface area contributed by atoms with E-state index in [9.17, 15) is 5.26 Å². The van der Waals surface area contributed by atoms with Crippen LogP contribution in [0.1, 0.15) is 30.5 Å². The molecule has 200 valence electrons. The molecule has 1 aliphatic rings. The first-order valence-corrected chi connectivity index (χ1v) is 14.7. The monoisotopic (exact) mass is 558 g/mol. The van der Waals surface area contributed by atoms with Gasteiger partial charge >= 0.3 is 0 Å². The third-order valence-corrected chi connectivity index (χ3v) is 9.06. The van der Waals surface area contributed by atoms with Gasteiger partial charge in [0, 0.05) is 32.5 Å². The van der Waals surface area contributed by atoms with Gasteiger partial charge in [0.15, 0.2) is 5.82 Å². The highest BCUT2D eigenvalue weighted by Gasteiger charge is 2.34. The van der Waals surface area contributed by atoms with Crippen LogP contribution >= 0.6 is 11.8 Å². The summed E-state index contributed by atoms with van der Waals surface area (Å²) in [4.78, 5) is 16.8. The maximum absolute atomic E-state index is 9.51. The quantitative estimate of drug-likeness (QED) is 0.216. The van der Waals surface area contributed by atoms with E-state index in [0.29, 0.717) is 11.4 Å². The second-order valence-corrected chi connectivity index (χ2v) is 11.9. The SMILES string of the molecule is CC1(C)c2ccc(C#N)cc2Sc2c(-c3ccc(-c4cc(-c5ccccn5)nc(-c5ccccc5)n4)cc3)cccc21. The average molecular weight is 559 g/mol. The Hall–Kier alpha value is -5.05. The average Bonchev–Trinajstić information content (AvgIpc) is 3.05. The zero-order valence-electron chi connectivity index (χ0n) is 23.2. The lowest BCUT2D eigenvalue weighted by Gasteiger charge is -2.35. The Balaban J connectivity index is 1.30. The van der Waals surface area contributed by atoms with Gasteiger partial charge in [-0.1, -0.05) is 111 Å². The summed E-state index contributed by atoms with van der Waals surface area (Å²) in [6, 6.07) is 41.4. The van der Waals surface area contributed by atoms with E-state index in [1.165, 1.54) is 21.6 Å². The molecule has 2 aromatic heterocycles. The molecule has 7 rings (SSSR count). The number of hydrogen-bond acceptors (Lipinski definition) is 5. The lowest BCUT2D eigenvalue weighted by molar-refractivity contribution is 0.608. The number of rotatable bonds is 4. The Morgan fingerprint density at radius 1 is 0.643 bits per heavy atom. The van der Waals surface area contributed by atoms with Crippen molar-refractivity contribution < 1.29 is 0 Å². The van der Waals surface area contributed by atoms with Gasteiger partial charge in [-0.05, 0) is 52.6 Å². The van der Waals surface area contributed by atoms with Gasteiger partial charge in [-0.25, -0.2) is 9.97 Å². The van der Waals surface area contributed by atoms with Crippen LogP contribution in [0.3, 0.4) is 0 Å². The van der Waals surface area contributed by atoms with Crippen molar-refractivity contribution in [1.82, 2.24) is 15.0 Å². The normalized spacial score (nSPS) is 13.1. The van der Waals surface area contributed by atoms with Crippen LogP contribution in [0.2, 0.25) is 0 Å². The number of aromatic nitrogens is 3. The van der Waals surface area contributed by atoms with Gasteiger partial charge in [0.2, 0.25) is 0 Å². The first kappa shape index (κ1) is 25.9. The van der Waals surface area contributed by atoms with Gasteiger partial charge in [0.05, 0.1) is 28.7 Å². The molecule has 0 saturated carbocycles. The van der Waals surface area contributed by atoms with E-state index in [-0.39, 0.29) is 5.41 Å². The second kappa shape index (κ2) is 10.4. The molecule has 4 nitrogen and oxygen atoms in total. The summed E-state index contributed by atoms with van der Waals surface area (Å²) in [6.07, 6.45) is 1.79. The molecule has 3 heterocycles. The number of nitrogens with zero attached hydrogens (tertiary/aromatic N) is 4. The lowest BCUT2D eigenvalue weighted by Crippen LogP contribution is -2.24. The number of pyridine rings is 1. The maximum Gasteiger partial charge on any atom is 0.160 e. The fourth-order valence-electron chi connectivity index (χ4n) is 5.59. The molecule has 0 unspecified atom stereocenters. The summed E-state index contributed by atoms with van der Waals surface area (Å²) in [7, 11) is 0. The first-order valence-electron chi connectivity index (χ1n) is 13.8. The topological polar surface area (TPSA) is 62.5 Å². The van der Waals surface area contributed by atoms with E-state index >= 15 is 0 Å². The van der Waals surface area contributed by atoms with Crippen molar-refractivity contribution in [2.24, 2.45) is 0 Å². The Kier molecular flexibility index (Phi) is 6.42. The smallest absolute Gasteiger partial charge is 0.160 e. The van der Waals surface area contributed by atoms with E-state index in [4.69, 9.17) is 9.97 Å². The van der Waals surface area contributed by atoms with E-state index in [1.54, 1.807) is 18.0 Å². The fourth-order valence-corrected chi connectivity index (χ4v) is 7.16. The minimum atomic E-state index is -0.170. The van der Waals surface area contributed by atoms with Crippen molar-refractivity contribution in [1.29, 1.82) is 5.26 Å². The summed E-state index contributed by atoms with van der Waals surface area (Å²) in [5.41, 5.74) is 9.82. The number of hydrogen-bond donors (Lipinski definition) is 0. The highest BCUT2D eigenvalue weighted by molar-refractivity contribution is 7.99. The van der Waals surface area contributed by atoms with Gasteiger partial charge in [-0.2, -0.15) is 5.26 Å².